The molecular weight excluding hydrogens is 320 g/mol. The van der Waals surface area contributed by atoms with Gasteiger partial charge in [0.05, 0.1) is 16.3 Å². The van der Waals surface area contributed by atoms with Crippen LogP contribution in [0.15, 0.2) is 16.6 Å². The van der Waals surface area contributed by atoms with Gasteiger partial charge in [-0.15, -0.1) is 0 Å². The third-order valence-corrected chi connectivity index (χ3v) is 2.56. The Labute approximate surface area is 119 Å². The van der Waals surface area contributed by atoms with E-state index in [0.29, 0.717) is 4.47 Å². The van der Waals surface area contributed by atoms with Crippen LogP contribution in [0.25, 0.3) is 0 Å². The molecule has 0 saturated heterocycles. The minimum absolute atomic E-state index is 0.247. The van der Waals surface area contributed by atoms with E-state index in [4.69, 9.17) is 21.6 Å². The van der Waals surface area contributed by atoms with E-state index in [9.17, 15) is 4.79 Å². The standard InChI is InChI=1S/C12H12BrClN2O2/c1-12(2,3)18-11(17)16-10-7(6-15)4-8(13)5-9(10)14/h4-5H,1-3H3,(H,16,17). The number of carbonyl (C=O) groups excluding carboxylic acids is 1. The second-order valence-electron chi connectivity index (χ2n) is 4.55. The topological polar surface area (TPSA) is 62.1 Å². The summed E-state index contributed by atoms with van der Waals surface area (Å²) in [6.45, 7) is 5.25. The van der Waals surface area contributed by atoms with Crippen molar-refractivity contribution in [2.24, 2.45) is 0 Å². The number of halogens is 2. The summed E-state index contributed by atoms with van der Waals surface area (Å²) in [7, 11) is 0. The molecule has 0 aliphatic rings. The molecule has 4 nitrogen and oxygen atoms in total. The fourth-order valence-electron chi connectivity index (χ4n) is 1.19. The maximum absolute atomic E-state index is 11.6. The number of hydrogen-bond donors (Lipinski definition) is 1. The monoisotopic (exact) mass is 330 g/mol. The lowest BCUT2D eigenvalue weighted by Gasteiger charge is -2.20. The number of hydrogen-bond acceptors (Lipinski definition) is 3. The van der Waals surface area contributed by atoms with Gasteiger partial charge in [0.15, 0.2) is 0 Å². The molecule has 0 spiro atoms. The minimum atomic E-state index is -0.650. The molecule has 0 saturated carbocycles. The van der Waals surface area contributed by atoms with Crippen LogP contribution in [0.2, 0.25) is 5.02 Å². The first-order valence-electron chi connectivity index (χ1n) is 5.12. The van der Waals surface area contributed by atoms with Crippen molar-refractivity contribution >= 4 is 39.3 Å². The zero-order valence-corrected chi connectivity index (χ0v) is 12.5. The van der Waals surface area contributed by atoms with Gasteiger partial charge in [-0.1, -0.05) is 27.5 Å². The summed E-state index contributed by atoms with van der Waals surface area (Å²) in [6, 6.07) is 5.12. The number of benzene rings is 1. The Morgan fingerprint density at radius 3 is 2.61 bits per heavy atom. The fourth-order valence-corrected chi connectivity index (χ4v) is 2.05. The van der Waals surface area contributed by atoms with Crippen LogP contribution in [0.5, 0.6) is 0 Å². The molecule has 0 atom stereocenters. The normalized spacial score (nSPS) is 10.7. The minimum Gasteiger partial charge on any atom is -0.444 e. The molecule has 0 aliphatic carbocycles. The molecule has 96 valence electrons. The fraction of sp³-hybridized carbons (Fsp3) is 0.333. The molecule has 0 radical (unpaired) electrons. The summed E-state index contributed by atoms with van der Waals surface area (Å²) in [6.07, 6.45) is -0.650. The van der Waals surface area contributed by atoms with E-state index >= 15 is 0 Å². The number of nitriles is 1. The van der Waals surface area contributed by atoms with Gasteiger partial charge in [0.25, 0.3) is 0 Å². The van der Waals surface area contributed by atoms with Crippen molar-refractivity contribution in [1.29, 1.82) is 5.26 Å². The van der Waals surface area contributed by atoms with Crippen LogP contribution in [0.4, 0.5) is 10.5 Å². The average molecular weight is 332 g/mol. The predicted octanol–water partition coefficient (Wildman–Crippen LogP) is 4.32. The smallest absolute Gasteiger partial charge is 0.412 e. The zero-order valence-electron chi connectivity index (χ0n) is 10.2. The van der Waals surface area contributed by atoms with E-state index < -0.39 is 11.7 Å². The molecule has 6 heteroatoms. The average Bonchev–Trinajstić information content (AvgIpc) is 2.18. The summed E-state index contributed by atoms with van der Waals surface area (Å²) < 4.78 is 5.76. The van der Waals surface area contributed by atoms with Gasteiger partial charge < -0.3 is 4.74 Å². The summed E-state index contributed by atoms with van der Waals surface area (Å²) in [5.41, 5.74) is -0.101. The van der Waals surface area contributed by atoms with Gasteiger partial charge in [-0.3, -0.25) is 5.32 Å². The first-order valence-corrected chi connectivity index (χ1v) is 6.29. The third-order valence-electron chi connectivity index (χ3n) is 1.80. The highest BCUT2D eigenvalue weighted by atomic mass is 79.9. The lowest BCUT2D eigenvalue weighted by molar-refractivity contribution is 0.0636. The van der Waals surface area contributed by atoms with E-state index in [1.165, 1.54) is 0 Å². The van der Waals surface area contributed by atoms with Crippen LogP contribution in [0, 0.1) is 11.3 Å². The summed E-state index contributed by atoms with van der Waals surface area (Å²) in [5, 5.41) is 11.7. The Hall–Kier alpha value is -1.25. The Balaban J connectivity index is 2.98. The van der Waals surface area contributed by atoms with Gasteiger partial charge in [-0.05, 0) is 32.9 Å². The molecule has 0 aromatic heterocycles. The predicted molar refractivity (Wildman–Crippen MR) is 73.7 cm³/mol. The van der Waals surface area contributed by atoms with E-state index in [1.807, 2.05) is 6.07 Å². The van der Waals surface area contributed by atoms with Gasteiger partial charge in [-0.2, -0.15) is 5.26 Å². The van der Waals surface area contributed by atoms with E-state index in [0.717, 1.165) is 0 Å². The maximum Gasteiger partial charge on any atom is 0.412 e. The number of amides is 1. The number of carbonyl (C=O) groups is 1. The van der Waals surface area contributed by atoms with Crippen molar-refractivity contribution in [3.05, 3.63) is 27.2 Å². The Morgan fingerprint density at radius 1 is 1.50 bits per heavy atom. The SMILES string of the molecule is CC(C)(C)OC(=O)Nc1c(Cl)cc(Br)cc1C#N. The molecule has 1 rings (SSSR count). The van der Waals surface area contributed by atoms with Crippen LogP contribution in [0.3, 0.4) is 0 Å². The van der Waals surface area contributed by atoms with Gasteiger partial charge in [0.2, 0.25) is 0 Å². The Kier molecular flexibility index (Phi) is 4.60. The van der Waals surface area contributed by atoms with Crippen molar-refractivity contribution in [2.45, 2.75) is 26.4 Å². The Morgan fingerprint density at radius 2 is 2.11 bits per heavy atom. The molecule has 0 unspecified atom stereocenters. The second kappa shape index (κ2) is 5.59. The quantitative estimate of drug-likeness (QED) is 0.833. The zero-order chi connectivity index (χ0) is 13.9. The van der Waals surface area contributed by atoms with Crippen molar-refractivity contribution < 1.29 is 9.53 Å². The molecule has 0 bridgehead atoms. The van der Waals surface area contributed by atoms with E-state index in [-0.39, 0.29) is 16.3 Å². The molecule has 1 aromatic carbocycles. The highest BCUT2D eigenvalue weighted by Crippen LogP contribution is 2.30. The van der Waals surface area contributed by atoms with Crippen LogP contribution in [-0.4, -0.2) is 11.7 Å². The van der Waals surface area contributed by atoms with E-state index in [1.54, 1.807) is 32.9 Å². The third kappa shape index (κ3) is 4.21. The number of ether oxygens (including phenoxy) is 1. The van der Waals surface area contributed by atoms with Gasteiger partial charge in [0.1, 0.15) is 11.7 Å². The van der Waals surface area contributed by atoms with Crippen LogP contribution < -0.4 is 5.32 Å². The number of nitrogens with one attached hydrogen (secondary N) is 1. The van der Waals surface area contributed by atoms with Crippen LogP contribution in [-0.2, 0) is 4.74 Å². The lowest BCUT2D eigenvalue weighted by atomic mass is 10.2. The number of rotatable bonds is 1. The summed E-state index contributed by atoms with van der Waals surface area (Å²) in [5.74, 6) is 0. The highest BCUT2D eigenvalue weighted by molar-refractivity contribution is 9.10. The van der Waals surface area contributed by atoms with Gasteiger partial charge in [-0.25, -0.2) is 4.79 Å². The number of nitrogens with zero attached hydrogens (tertiary/aromatic N) is 1. The summed E-state index contributed by atoms with van der Waals surface area (Å²) >= 11 is 9.20. The first kappa shape index (κ1) is 14.8. The van der Waals surface area contributed by atoms with Crippen LogP contribution >= 0.6 is 27.5 Å². The highest BCUT2D eigenvalue weighted by Gasteiger charge is 2.18. The number of anilines is 1. The van der Waals surface area contributed by atoms with E-state index in [2.05, 4.69) is 21.2 Å². The molecule has 0 heterocycles. The van der Waals surface area contributed by atoms with Crippen molar-refractivity contribution in [3.8, 4) is 6.07 Å². The van der Waals surface area contributed by atoms with Gasteiger partial charge in [0, 0.05) is 4.47 Å². The summed E-state index contributed by atoms with van der Waals surface area (Å²) in [4.78, 5) is 11.6. The first-order chi connectivity index (χ1) is 8.23. The molecule has 1 aromatic rings. The molecule has 1 amide bonds. The second-order valence-corrected chi connectivity index (χ2v) is 5.87. The molecule has 0 fully saturated rings. The van der Waals surface area contributed by atoms with Crippen molar-refractivity contribution in [2.75, 3.05) is 5.32 Å². The molecule has 0 aliphatic heterocycles. The van der Waals surface area contributed by atoms with Crippen molar-refractivity contribution in [3.63, 3.8) is 0 Å². The molecular formula is C12H12BrClN2O2. The lowest BCUT2D eigenvalue weighted by Crippen LogP contribution is -2.27. The van der Waals surface area contributed by atoms with Crippen LogP contribution in [0.1, 0.15) is 26.3 Å². The van der Waals surface area contributed by atoms with Gasteiger partial charge >= 0.3 is 6.09 Å². The molecule has 18 heavy (non-hydrogen) atoms. The maximum atomic E-state index is 11.6. The van der Waals surface area contributed by atoms with Crippen molar-refractivity contribution in [1.82, 2.24) is 0 Å². The largest absolute Gasteiger partial charge is 0.444 e. The Bertz CT molecular complexity index is 518. The molecule has 1 N–H and O–H groups in total.